The minimum Gasteiger partial charge on any atom is -0.393 e. The van der Waals surface area contributed by atoms with Crippen molar-refractivity contribution < 1.29 is 15.0 Å². The normalized spacial score (nSPS) is 14.4. The molecular formula is C12H15N3O3. The first-order valence-corrected chi connectivity index (χ1v) is 5.56. The first-order chi connectivity index (χ1) is 8.52. The lowest BCUT2D eigenvalue weighted by Crippen LogP contribution is -2.43. The lowest BCUT2D eigenvalue weighted by Gasteiger charge is -2.20. The highest BCUT2D eigenvalue weighted by Crippen LogP contribution is 2.12. The van der Waals surface area contributed by atoms with Crippen LogP contribution in [0.5, 0.6) is 0 Å². The molecule has 4 N–H and O–H groups in total. The standard InChI is InChI=1S/C12H15N3O3/c1-12(18,7-16)6-13-11(17)8-2-3-10-9(4-8)5-14-15-10/h2-5,16,18H,6-7H2,1H3,(H,13,17)(H,14,15). The number of fused-ring (bicyclic) bond motifs is 1. The zero-order valence-corrected chi connectivity index (χ0v) is 9.97. The van der Waals surface area contributed by atoms with Crippen LogP contribution < -0.4 is 5.32 Å². The molecule has 96 valence electrons. The third-order valence-corrected chi connectivity index (χ3v) is 2.67. The molecule has 1 unspecified atom stereocenters. The van der Waals surface area contributed by atoms with Crippen LogP contribution in [-0.2, 0) is 0 Å². The summed E-state index contributed by atoms with van der Waals surface area (Å²) in [6.45, 7) is 1.03. The highest BCUT2D eigenvalue weighted by atomic mass is 16.3. The van der Waals surface area contributed by atoms with Crippen molar-refractivity contribution in [1.29, 1.82) is 0 Å². The summed E-state index contributed by atoms with van der Waals surface area (Å²) in [5.74, 6) is -0.299. The number of nitrogens with one attached hydrogen (secondary N) is 2. The van der Waals surface area contributed by atoms with E-state index in [4.69, 9.17) is 5.11 Å². The van der Waals surface area contributed by atoms with Gasteiger partial charge in [-0.3, -0.25) is 9.89 Å². The molecule has 0 aliphatic rings. The summed E-state index contributed by atoms with van der Waals surface area (Å²) in [5, 5.41) is 28.5. The number of carbonyl (C=O) groups excluding carboxylic acids is 1. The maximum absolute atomic E-state index is 11.8. The quantitative estimate of drug-likeness (QED) is 0.614. The van der Waals surface area contributed by atoms with Crippen LogP contribution in [-0.4, -0.2) is 45.1 Å². The molecule has 0 fully saturated rings. The van der Waals surface area contributed by atoms with E-state index >= 15 is 0 Å². The Balaban J connectivity index is 2.08. The second-order valence-corrected chi connectivity index (χ2v) is 4.51. The Labute approximate surface area is 104 Å². The van der Waals surface area contributed by atoms with Crippen molar-refractivity contribution in [3.8, 4) is 0 Å². The summed E-state index contributed by atoms with van der Waals surface area (Å²) in [7, 11) is 0. The second-order valence-electron chi connectivity index (χ2n) is 4.51. The fraction of sp³-hybridized carbons (Fsp3) is 0.333. The molecule has 0 bridgehead atoms. The van der Waals surface area contributed by atoms with Crippen molar-refractivity contribution in [2.75, 3.05) is 13.2 Å². The number of hydrogen-bond acceptors (Lipinski definition) is 4. The number of benzene rings is 1. The predicted octanol–water partition coefficient (Wildman–Crippen LogP) is 0.0360. The second kappa shape index (κ2) is 4.75. The fourth-order valence-corrected chi connectivity index (χ4v) is 1.51. The van der Waals surface area contributed by atoms with E-state index in [1.165, 1.54) is 6.92 Å². The van der Waals surface area contributed by atoms with Gasteiger partial charge in [0.15, 0.2) is 0 Å². The fourth-order valence-electron chi connectivity index (χ4n) is 1.51. The summed E-state index contributed by atoms with van der Waals surface area (Å²) in [6.07, 6.45) is 1.63. The topological polar surface area (TPSA) is 98.2 Å². The van der Waals surface area contributed by atoms with Gasteiger partial charge in [-0.25, -0.2) is 0 Å². The van der Waals surface area contributed by atoms with E-state index in [9.17, 15) is 9.90 Å². The van der Waals surface area contributed by atoms with Crippen molar-refractivity contribution in [2.45, 2.75) is 12.5 Å². The number of aromatic amines is 1. The van der Waals surface area contributed by atoms with E-state index < -0.39 is 12.2 Å². The summed E-state index contributed by atoms with van der Waals surface area (Å²) < 4.78 is 0. The Morgan fingerprint density at radius 3 is 3.06 bits per heavy atom. The van der Waals surface area contributed by atoms with E-state index in [0.717, 1.165) is 10.9 Å². The molecule has 1 heterocycles. The molecule has 1 amide bonds. The smallest absolute Gasteiger partial charge is 0.251 e. The van der Waals surface area contributed by atoms with Crippen LogP contribution in [0, 0.1) is 0 Å². The van der Waals surface area contributed by atoms with Crippen LogP contribution in [0.2, 0.25) is 0 Å². The number of nitrogens with zero attached hydrogens (tertiary/aromatic N) is 1. The van der Waals surface area contributed by atoms with Crippen molar-refractivity contribution in [3.63, 3.8) is 0 Å². The third kappa shape index (κ3) is 2.66. The lowest BCUT2D eigenvalue weighted by molar-refractivity contribution is 0.00320. The summed E-state index contributed by atoms with van der Waals surface area (Å²) >= 11 is 0. The molecule has 1 aromatic carbocycles. The zero-order chi connectivity index (χ0) is 13.2. The molecule has 0 spiro atoms. The Kier molecular flexibility index (Phi) is 3.31. The molecule has 0 saturated heterocycles. The average molecular weight is 249 g/mol. The molecular weight excluding hydrogens is 234 g/mol. The maximum atomic E-state index is 11.8. The lowest BCUT2D eigenvalue weighted by atomic mass is 10.1. The summed E-state index contributed by atoms with van der Waals surface area (Å²) in [6, 6.07) is 5.15. The molecule has 0 saturated carbocycles. The van der Waals surface area contributed by atoms with Gasteiger partial charge >= 0.3 is 0 Å². The van der Waals surface area contributed by atoms with Gasteiger partial charge in [0.2, 0.25) is 0 Å². The molecule has 18 heavy (non-hydrogen) atoms. The van der Waals surface area contributed by atoms with E-state index in [-0.39, 0.29) is 12.5 Å². The Hall–Kier alpha value is -1.92. The number of carbonyl (C=O) groups is 1. The first kappa shape index (κ1) is 12.5. The van der Waals surface area contributed by atoms with Gasteiger partial charge in [-0.2, -0.15) is 5.10 Å². The molecule has 6 nitrogen and oxygen atoms in total. The van der Waals surface area contributed by atoms with Gasteiger partial charge in [0, 0.05) is 17.5 Å². The van der Waals surface area contributed by atoms with E-state index in [1.54, 1.807) is 24.4 Å². The van der Waals surface area contributed by atoms with Crippen molar-refractivity contribution in [2.24, 2.45) is 0 Å². The van der Waals surface area contributed by atoms with Crippen LogP contribution in [0.3, 0.4) is 0 Å². The van der Waals surface area contributed by atoms with Gasteiger partial charge in [0.1, 0.15) is 5.60 Å². The van der Waals surface area contributed by atoms with Crippen LogP contribution in [0.1, 0.15) is 17.3 Å². The van der Waals surface area contributed by atoms with Gasteiger partial charge in [0.25, 0.3) is 5.91 Å². The largest absolute Gasteiger partial charge is 0.393 e. The van der Waals surface area contributed by atoms with Crippen molar-refractivity contribution in [1.82, 2.24) is 15.5 Å². The predicted molar refractivity (Wildman–Crippen MR) is 66.1 cm³/mol. The number of aromatic nitrogens is 2. The minimum atomic E-state index is -1.31. The van der Waals surface area contributed by atoms with Crippen molar-refractivity contribution in [3.05, 3.63) is 30.0 Å². The number of aliphatic hydroxyl groups excluding tert-OH is 1. The third-order valence-electron chi connectivity index (χ3n) is 2.67. The van der Waals surface area contributed by atoms with E-state index in [1.807, 2.05) is 0 Å². The molecule has 0 aliphatic carbocycles. The minimum absolute atomic E-state index is 0.00818. The Bertz CT molecular complexity index is 562. The molecule has 0 aliphatic heterocycles. The zero-order valence-electron chi connectivity index (χ0n) is 9.97. The van der Waals surface area contributed by atoms with Gasteiger partial charge in [0.05, 0.1) is 18.3 Å². The van der Waals surface area contributed by atoms with Crippen LogP contribution >= 0.6 is 0 Å². The molecule has 2 rings (SSSR count). The van der Waals surface area contributed by atoms with Gasteiger partial charge < -0.3 is 15.5 Å². The first-order valence-electron chi connectivity index (χ1n) is 5.56. The van der Waals surface area contributed by atoms with E-state index in [2.05, 4.69) is 15.5 Å². The number of hydrogen-bond donors (Lipinski definition) is 4. The van der Waals surface area contributed by atoms with Crippen LogP contribution in [0.25, 0.3) is 10.9 Å². The van der Waals surface area contributed by atoms with E-state index in [0.29, 0.717) is 5.56 Å². The van der Waals surface area contributed by atoms with Gasteiger partial charge in [-0.05, 0) is 25.1 Å². The van der Waals surface area contributed by atoms with Crippen LogP contribution in [0.4, 0.5) is 0 Å². The van der Waals surface area contributed by atoms with Gasteiger partial charge in [-0.1, -0.05) is 0 Å². The molecule has 2 aromatic rings. The Morgan fingerprint density at radius 1 is 1.56 bits per heavy atom. The molecule has 1 atom stereocenters. The molecule has 0 radical (unpaired) electrons. The average Bonchev–Trinajstić information content (AvgIpc) is 2.83. The Morgan fingerprint density at radius 2 is 2.33 bits per heavy atom. The van der Waals surface area contributed by atoms with Crippen LogP contribution in [0.15, 0.2) is 24.4 Å². The monoisotopic (exact) mass is 249 g/mol. The number of H-pyrrole nitrogens is 1. The molecule has 1 aromatic heterocycles. The highest BCUT2D eigenvalue weighted by molar-refractivity contribution is 5.97. The number of aliphatic hydroxyl groups is 2. The number of amides is 1. The van der Waals surface area contributed by atoms with Gasteiger partial charge in [-0.15, -0.1) is 0 Å². The summed E-state index contributed by atoms with van der Waals surface area (Å²) in [5.41, 5.74) is 0.0293. The molecule has 6 heteroatoms. The van der Waals surface area contributed by atoms with Crippen molar-refractivity contribution >= 4 is 16.8 Å². The maximum Gasteiger partial charge on any atom is 0.251 e. The highest BCUT2D eigenvalue weighted by Gasteiger charge is 2.20. The number of rotatable bonds is 4. The SMILES string of the molecule is CC(O)(CO)CNC(=O)c1ccc2[nH]ncc2c1. The summed E-state index contributed by atoms with van der Waals surface area (Å²) in [4.78, 5) is 11.8.